The van der Waals surface area contributed by atoms with Crippen molar-refractivity contribution in [2.75, 3.05) is 33.4 Å². The van der Waals surface area contributed by atoms with Crippen molar-refractivity contribution in [2.24, 2.45) is 11.7 Å². The molecule has 0 spiro atoms. The highest BCUT2D eigenvalue weighted by Gasteiger charge is 2.27. The third-order valence-corrected chi connectivity index (χ3v) is 2.85. The van der Waals surface area contributed by atoms with Crippen LogP contribution in [0.5, 0.6) is 0 Å². The third kappa shape index (κ3) is 5.52. The molecule has 2 atom stereocenters. The van der Waals surface area contributed by atoms with E-state index in [1.807, 2.05) is 0 Å². The fraction of sp³-hybridized carbons (Fsp3) is 0.917. The van der Waals surface area contributed by atoms with Crippen molar-refractivity contribution in [1.82, 2.24) is 4.90 Å². The number of rotatable bonds is 5. The Hall–Kier alpha value is -0.360. The molecule has 1 saturated heterocycles. The van der Waals surface area contributed by atoms with Crippen LogP contribution in [0.2, 0.25) is 0 Å². The van der Waals surface area contributed by atoms with E-state index in [1.165, 1.54) is 0 Å². The SMILES string of the molecule is COCC1CN(C(=O)[C@@H](N)CC(C)C)CCO1.Cl. The van der Waals surface area contributed by atoms with Crippen molar-refractivity contribution in [2.45, 2.75) is 32.4 Å². The summed E-state index contributed by atoms with van der Waals surface area (Å²) in [5.74, 6) is 0.466. The molecule has 108 valence electrons. The van der Waals surface area contributed by atoms with Crippen LogP contribution < -0.4 is 5.73 Å². The number of halogens is 1. The molecule has 1 aliphatic heterocycles. The van der Waals surface area contributed by atoms with Crippen molar-refractivity contribution >= 4 is 18.3 Å². The van der Waals surface area contributed by atoms with Crippen LogP contribution in [0.1, 0.15) is 20.3 Å². The van der Waals surface area contributed by atoms with Crippen LogP contribution >= 0.6 is 12.4 Å². The van der Waals surface area contributed by atoms with Crippen molar-refractivity contribution in [3.63, 3.8) is 0 Å². The molecule has 0 aliphatic carbocycles. The van der Waals surface area contributed by atoms with Gasteiger partial charge in [0.2, 0.25) is 5.91 Å². The summed E-state index contributed by atoms with van der Waals surface area (Å²) >= 11 is 0. The van der Waals surface area contributed by atoms with Gasteiger partial charge in [-0.05, 0) is 12.3 Å². The molecule has 0 saturated carbocycles. The molecule has 1 unspecified atom stereocenters. The van der Waals surface area contributed by atoms with Gasteiger partial charge in [0.05, 0.1) is 25.4 Å². The first-order valence-electron chi connectivity index (χ1n) is 6.19. The predicted molar refractivity (Wildman–Crippen MR) is 72.9 cm³/mol. The molecule has 0 aromatic rings. The molecule has 2 N–H and O–H groups in total. The minimum atomic E-state index is -0.392. The summed E-state index contributed by atoms with van der Waals surface area (Å²) < 4.78 is 10.5. The van der Waals surface area contributed by atoms with Gasteiger partial charge in [-0.15, -0.1) is 12.4 Å². The second-order valence-corrected chi connectivity index (χ2v) is 4.97. The Morgan fingerprint density at radius 3 is 2.78 bits per heavy atom. The second-order valence-electron chi connectivity index (χ2n) is 4.97. The highest BCUT2D eigenvalue weighted by molar-refractivity contribution is 5.85. The van der Waals surface area contributed by atoms with E-state index in [4.69, 9.17) is 15.2 Å². The Kier molecular flexibility index (Phi) is 8.52. The molecule has 1 fully saturated rings. The van der Waals surface area contributed by atoms with Crippen LogP contribution in [0.25, 0.3) is 0 Å². The van der Waals surface area contributed by atoms with Crippen molar-refractivity contribution < 1.29 is 14.3 Å². The van der Waals surface area contributed by atoms with Gasteiger partial charge in [-0.25, -0.2) is 0 Å². The summed E-state index contributed by atoms with van der Waals surface area (Å²) in [6.07, 6.45) is 0.703. The van der Waals surface area contributed by atoms with Gasteiger partial charge in [0.25, 0.3) is 0 Å². The third-order valence-electron chi connectivity index (χ3n) is 2.85. The van der Waals surface area contributed by atoms with E-state index < -0.39 is 6.04 Å². The molecule has 0 bridgehead atoms. The molecular formula is C12H25ClN2O3. The zero-order valence-corrected chi connectivity index (χ0v) is 12.2. The molecule has 1 heterocycles. The number of nitrogens with zero attached hydrogens (tertiary/aromatic N) is 1. The normalized spacial score (nSPS) is 21.6. The standard InChI is InChI=1S/C12H24N2O3.ClH/c1-9(2)6-11(13)12(15)14-4-5-17-10(7-14)8-16-3;/h9-11H,4-8,13H2,1-3H3;1H/t10?,11-;/m0./s1. The van der Waals surface area contributed by atoms with Crippen LogP contribution in [0.4, 0.5) is 0 Å². The maximum absolute atomic E-state index is 12.1. The second kappa shape index (κ2) is 8.69. The maximum atomic E-state index is 12.1. The number of hydrogen-bond acceptors (Lipinski definition) is 4. The van der Waals surface area contributed by atoms with Gasteiger partial charge in [0.1, 0.15) is 0 Å². The number of nitrogens with two attached hydrogens (primary N) is 1. The number of amides is 1. The Bertz CT molecular complexity index is 249. The number of ether oxygens (including phenoxy) is 2. The lowest BCUT2D eigenvalue weighted by Crippen LogP contribution is -2.52. The Morgan fingerprint density at radius 1 is 1.56 bits per heavy atom. The average Bonchev–Trinajstić information content (AvgIpc) is 2.28. The van der Waals surface area contributed by atoms with Gasteiger partial charge in [-0.3, -0.25) is 4.79 Å². The Balaban J connectivity index is 0.00000289. The molecule has 0 aromatic heterocycles. The molecule has 0 aromatic carbocycles. The minimum Gasteiger partial charge on any atom is -0.382 e. The predicted octanol–water partition coefficient (Wildman–Crippen LogP) is 0.655. The molecule has 6 heteroatoms. The molecular weight excluding hydrogens is 256 g/mol. The molecule has 1 aliphatic rings. The zero-order valence-electron chi connectivity index (χ0n) is 11.4. The van der Waals surface area contributed by atoms with E-state index in [0.29, 0.717) is 32.2 Å². The number of carbonyl (C=O) groups excluding carboxylic acids is 1. The quantitative estimate of drug-likeness (QED) is 0.803. The van der Waals surface area contributed by atoms with Crippen LogP contribution in [0.3, 0.4) is 0 Å². The Morgan fingerprint density at radius 2 is 2.22 bits per heavy atom. The minimum absolute atomic E-state index is 0. The molecule has 1 amide bonds. The van der Waals surface area contributed by atoms with E-state index in [-0.39, 0.29) is 24.4 Å². The lowest BCUT2D eigenvalue weighted by atomic mass is 10.0. The van der Waals surface area contributed by atoms with Crippen LogP contribution in [0.15, 0.2) is 0 Å². The van der Waals surface area contributed by atoms with E-state index in [1.54, 1.807) is 12.0 Å². The Labute approximate surface area is 115 Å². The van der Waals surface area contributed by atoms with Gasteiger partial charge in [0.15, 0.2) is 0 Å². The van der Waals surface area contributed by atoms with E-state index >= 15 is 0 Å². The topological polar surface area (TPSA) is 64.8 Å². The van der Waals surface area contributed by atoms with Crippen molar-refractivity contribution in [1.29, 1.82) is 0 Å². The highest BCUT2D eigenvalue weighted by atomic mass is 35.5. The van der Waals surface area contributed by atoms with Crippen molar-refractivity contribution in [3.8, 4) is 0 Å². The summed E-state index contributed by atoms with van der Waals surface area (Å²) in [6, 6.07) is -0.392. The number of morpholine rings is 1. The van der Waals surface area contributed by atoms with Crippen LogP contribution in [0, 0.1) is 5.92 Å². The van der Waals surface area contributed by atoms with Gasteiger partial charge in [-0.2, -0.15) is 0 Å². The highest BCUT2D eigenvalue weighted by Crippen LogP contribution is 2.10. The average molecular weight is 281 g/mol. The summed E-state index contributed by atoms with van der Waals surface area (Å²) in [7, 11) is 1.63. The van der Waals surface area contributed by atoms with Gasteiger partial charge in [0, 0.05) is 20.2 Å². The summed E-state index contributed by atoms with van der Waals surface area (Å²) in [5.41, 5.74) is 5.91. The lowest BCUT2D eigenvalue weighted by molar-refractivity contribution is -0.142. The molecule has 5 nitrogen and oxygen atoms in total. The first-order valence-corrected chi connectivity index (χ1v) is 6.19. The largest absolute Gasteiger partial charge is 0.382 e. The van der Waals surface area contributed by atoms with Crippen LogP contribution in [-0.2, 0) is 14.3 Å². The number of carbonyl (C=O) groups is 1. The van der Waals surface area contributed by atoms with Crippen LogP contribution in [-0.4, -0.2) is 56.4 Å². The molecule has 0 radical (unpaired) electrons. The van der Waals surface area contributed by atoms with E-state index in [9.17, 15) is 4.79 Å². The number of methoxy groups -OCH3 is 1. The molecule has 18 heavy (non-hydrogen) atoms. The van der Waals surface area contributed by atoms with Gasteiger partial charge >= 0.3 is 0 Å². The maximum Gasteiger partial charge on any atom is 0.239 e. The fourth-order valence-electron chi connectivity index (χ4n) is 2.05. The van der Waals surface area contributed by atoms with Gasteiger partial charge < -0.3 is 20.1 Å². The monoisotopic (exact) mass is 280 g/mol. The summed E-state index contributed by atoms with van der Waals surface area (Å²) in [4.78, 5) is 13.9. The first kappa shape index (κ1) is 17.6. The molecule has 1 rings (SSSR count). The smallest absolute Gasteiger partial charge is 0.239 e. The van der Waals surface area contributed by atoms with E-state index in [0.717, 1.165) is 6.42 Å². The van der Waals surface area contributed by atoms with E-state index in [2.05, 4.69) is 13.8 Å². The summed E-state index contributed by atoms with van der Waals surface area (Å²) in [5, 5.41) is 0. The van der Waals surface area contributed by atoms with Gasteiger partial charge in [-0.1, -0.05) is 13.8 Å². The summed E-state index contributed by atoms with van der Waals surface area (Å²) in [6.45, 7) is 6.43. The van der Waals surface area contributed by atoms with Crippen molar-refractivity contribution in [3.05, 3.63) is 0 Å². The first-order chi connectivity index (χ1) is 8.04. The number of hydrogen-bond donors (Lipinski definition) is 1. The fourth-order valence-corrected chi connectivity index (χ4v) is 2.05. The lowest BCUT2D eigenvalue weighted by Gasteiger charge is -2.34. The zero-order chi connectivity index (χ0) is 12.8.